The van der Waals surface area contributed by atoms with Crippen LogP contribution in [0.4, 0.5) is 9.93 Å². The number of hydrogen-bond donors (Lipinski definition) is 3. The lowest BCUT2D eigenvalue weighted by atomic mass is 10.0. The smallest absolute Gasteiger partial charge is 0.321 e. The Balaban J connectivity index is 1.49. The molecule has 23 heavy (non-hydrogen) atoms. The molecule has 1 unspecified atom stereocenters. The second-order valence-corrected chi connectivity index (χ2v) is 6.70. The third kappa shape index (κ3) is 4.27. The molecule has 1 aliphatic carbocycles. The van der Waals surface area contributed by atoms with Crippen LogP contribution in [-0.2, 0) is 0 Å². The van der Waals surface area contributed by atoms with E-state index in [4.69, 9.17) is 0 Å². The molecular weight excluding hydrogens is 312 g/mol. The second-order valence-electron chi connectivity index (χ2n) is 5.73. The number of anilines is 1. The number of amides is 2. The van der Waals surface area contributed by atoms with Crippen LogP contribution in [0.15, 0.2) is 30.3 Å². The molecule has 1 saturated carbocycles. The summed E-state index contributed by atoms with van der Waals surface area (Å²) in [5, 5.41) is 24.6. The summed E-state index contributed by atoms with van der Waals surface area (Å²) in [6.45, 7) is 0.265. The highest BCUT2D eigenvalue weighted by Crippen LogP contribution is 2.27. The molecule has 0 spiro atoms. The monoisotopic (exact) mass is 332 g/mol. The summed E-state index contributed by atoms with van der Waals surface area (Å²) in [6, 6.07) is 9.33. The van der Waals surface area contributed by atoms with Gasteiger partial charge in [-0.2, -0.15) is 0 Å². The number of hydrogen-bond acceptors (Lipinski definition) is 5. The molecule has 3 rings (SSSR count). The van der Waals surface area contributed by atoms with Crippen LogP contribution in [0.25, 0.3) is 10.6 Å². The summed E-state index contributed by atoms with van der Waals surface area (Å²) < 4.78 is 0. The van der Waals surface area contributed by atoms with Gasteiger partial charge in [0.15, 0.2) is 0 Å². The van der Waals surface area contributed by atoms with Gasteiger partial charge in [-0.15, -0.1) is 10.2 Å². The van der Waals surface area contributed by atoms with Crippen molar-refractivity contribution in [3.8, 4) is 10.6 Å². The van der Waals surface area contributed by atoms with E-state index in [0.717, 1.165) is 23.4 Å². The predicted octanol–water partition coefficient (Wildman–Crippen LogP) is 2.88. The van der Waals surface area contributed by atoms with Gasteiger partial charge in [0.25, 0.3) is 0 Å². The molecule has 1 aromatic carbocycles. The zero-order valence-corrected chi connectivity index (χ0v) is 13.6. The Kier molecular flexibility index (Phi) is 5.19. The lowest BCUT2D eigenvalue weighted by Gasteiger charge is -2.17. The van der Waals surface area contributed by atoms with Gasteiger partial charge in [0.1, 0.15) is 5.01 Å². The topological polar surface area (TPSA) is 87.1 Å². The molecule has 1 aliphatic rings. The summed E-state index contributed by atoms with van der Waals surface area (Å²) in [4.78, 5) is 11.9. The van der Waals surface area contributed by atoms with Crippen molar-refractivity contribution in [3.05, 3.63) is 30.3 Å². The predicted molar refractivity (Wildman–Crippen MR) is 90.3 cm³/mol. The first-order valence-electron chi connectivity index (χ1n) is 7.84. The number of nitrogens with one attached hydrogen (secondary N) is 2. The Morgan fingerprint density at radius 3 is 2.74 bits per heavy atom. The van der Waals surface area contributed by atoms with E-state index in [2.05, 4.69) is 20.8 Å². The normalized spacial score (nSPS) is 16.2. The lowest BCUT2D eigenvalue weighted by Crippen LogP contribution is -2.37. The third-order valence-electron chi connectivity index (χ3n) is 4.08. The molecule has 122 valence electrons. The van der Waals surface area contributed by atoms with Crippen LogP contribution in [0, 0.1) is 5.92 Å². The van der Waals surface area contributed by atoms with Crippen LogP contribution >= 0.6 is 11.3 Å². The summed E-state index contributed by atoms with van der Waals surface area (Å²) in [6.07, 6.45) is 3.95. The molecule has 1 atom stereocenters. The van der Waals surface area contributed by atoms with E-state index >= 15 is 0 Å². The van der Waals surface area contributed by atoms with Crippen LogP contribution in [-0.4, -0.2) is 34.0 Å². The van der Waals surface area contributed by atoms with Crippen molar-refractivity contribution in [2.75, 3.05) is 11.9 Å². The van der Waals surface area contributed by atoms with Gasteiger partial charge in [-0.25, -0.2) is 4.79 Å². The number of aliphatic hydroxyl groups excluding tert-OH is 1. The molecule has 2 aromatic rings. The molecule has 0 bridgehead atoms. The van der Waals surface area contributed by atoms with Crippen LogP contribution in [0.2, 0.25) is 0 Å². The Bertz CT molecular complexity index is 641. The van der Waals surface area contributed by atoms with Gasteiger partial charge in [-0.3, -0.25) is 5.32 Å². The van der Waals surface area contributed by atoms with E-state index in [1.165, 1.54) is 24.2 Å². The SMILES string of the molecule is O=C(NCC(O)C1CCCC1)Nc1nnc(-c2ccccc2)s1. The van der Waals surface area contributed by atoms with Crippen LogP contribution < -0.4 is 10.6 Å². The van der Waals surface area contributed by atoms with E-state index in [1.54, 1.807) is 0 Å². The molecule has 1 aromatic heterocycles. The average molecular weight is 332 g/mol. The van der Waals surface area contributed by atoms with Crippen LogP contribution in [0.1, 0.15) is 25.7 Å². The minimum atomic E-state index is -0.474. The Morgan fingerprint density at radius 1 is 1.26 bits per heavy atom. The largest absolute Gasteiger partial charge is 0.391 e. The second kappa shape index (κ2) is 7.52. The number of rotatable bonds is 5. The molecule has 2 amide bonds. The van der Waals surface area contributed by atoms with E-state index in [9.17, 15) is 9.90 Å². The number of nitrogens with zero attached hydrogens (tertiary/aromatic N) is 2. The van der Waals surface area contributed by atoms with Crippen LogP contribution in [0.3, 0.4) is 0 Å². The Morgan fingerprint density at radius 2 is 2.00 bits per heavy atom. The maximum Gasteiger partial charge on any atom is 0.321 e. The van der Waals surface area contributed by atoms with Crippen molar-refractivity contribution in [1.82, 2.24) is 15.5 Å². The Hall–Kier alpha value is -1.99. The molecule has 7 heteroatoms. The van der Waals surface area contributed by atoms with Crippen molar-refractivity contribution in [2.24, 2.45) is 5.92 Å². The fourth-order valence-corrected chi connectivity index (χ4v) is 3.56. The first kappa shape index (κ1) is 15.9. The Labute approximate surface area is 139 Å². The van der Waals surface area contributed by atoms with Gasteiger partial charge in [0.2, 0.25) is 5.13 Å². The standard InChI is InChI=1S/C16H20N4O2S/c21-13(11-6-4-5-7-11)10-17-15(22)18-16-20-19-14(23-16)12-8-2-1-3-9-12/h1-3,8-9,11,13,21H,4-7,10H2,(H2,17,18,20,22). The summed E-state index contributed by atoms with van der Waals surface area (Å²) in [5.41, 5.74) is 0.968. The first-order valence-corrected chi connectivity index (χ1v) is 8.66. The highest BCUT2D eigenvalue weighted by atomic mass is 32.1. The fourth-order valence-electron chi connectivity index (χ4n) is 2.82. The summed E-state index contributed by atoms with van der Waals surface area (Å²) in [7, 11) is 0. The third-order valence-corrected chi connectivity index (χ3v) is 4.97. The maximum atomic E-state index is 11.9. The quantitative estimate of drug-likeness (QED) is 0.786. The van der Waals surface area contributed by atoms with Crippen LogP contribution in [0.5, 0.6) is 0 Å². The van der Waals surface area contributed by atoms with Crippen molar-refractivity contribution in [3.63, 3.8) is 0 Å². The molecule has 1 fully saturated rings. The van der Waals surface area contributed by atoms with E-state index in [-0.39, 0.29) is 12.6 Å². The number of benzene rings is 1. The molecule has 0 radical (unpaired) electrons. The van der Waals surface area contributed by atoms with Gasteiger partial charge in [0.05, 0.1) is 6.10 Å². The number of carbonyl (C=O) groups is 1. The van der Waals surface area contributed by atoms with Gasteiger partial charge in [-0.1, -0.05) is 54.5 Å². The van der Waals surface area contributed by atoms with Gasteiger partial charge >= 0.3 is 6.03 Å². The zero-order valence-electron chi connectivity index (χ0n) is 12.7. The van der Waals surface area contributed by atoms with Gasteiger partial charge in [-0.05, 0) is 18.8 Å². The van der Waals surface area contributed by atoms with Crippen molar-refractivity contribution in [1.29, 1.82) is 0 Å². The molecular formula is C16H20N4O2S. The molecule has 1 heterocycles. The minimum absolute atomic E-state index is 0.265. The summed E-state index contributed by atoms with van der Waals surface area (Å²) >= 11 is 1.32. The maximum absolute atomic E-state index is 11.9. The average Bonchev–Trinajstić information content (AvgIpc) is 3.25. The molecule has 6 nitrogen and oxygen atoms in total. The van der Waals surface area contributed by atoms with Crippen molar-refractivity contribution < 1.29 is 9.90 Å². The highest BCUT2D eigenvalue weighted by molar-refractivity contribution is 7.18. The lowest BCUT2D eigenvalue weighted by molar-refractivity contribution is 0.111. The van der Waals surface area contributed by atoms with Crippen molar-refractivity contribution >= 4 is 22.5 Å². The van der Waals surface area contributed by atoms with Gasteiger partial charge < -0.3 is 10.4 Å². The highest BCUT2D eigenvalue weighted by Gasteiger charge is 2.23. The number of carbonyl (C=O) groups excluding carboxylic acids is 1. The van der Waals surface area contributed by atoms with E-state index in [1.807, 2.05) is 30.3 Å². The van der Waals surface area contributed by atoms with E-state index < -0.39 is 6.10 Å². The number of aliphatic hydroxyl groups is 1. The van der Waals surface area contributed by atoms with Gasteiger partial charge in [0, 0.05) is 12.1 Å². The fraction of sp³-hybridized carbons (Fsp3) is 0.438. The molecule has 3 N–H and O–H groups in total. The van der Waals surface area contributed by atoms with E-state index in [0.29, 0.717) is 11.0 Å². The summed E-state index contributed by atoms with van der Waals surface area (Å²) in [5.74, 6) is 0.307. The first-order chi connectivity index (χ1) is 11.2. The number of urea groups is 1. The zero-order chi connectivity index (χ0) is 16.1. The minimum Gasteiger partial charge on any atom is -0.391 e. The van der Waals surface area contributed by atoms with Crippen molar-refractivity contribution in [2.45, 2.75) is 31.8 Å². The number of aromatic nitrogens is 2. The molecule has 0 saturated heterocycles. The molecule has 0 aliphatic heterocycles.